The smallest absolute Gasteiger partial charge is 0.122 e. The normalized spacial score (nSPS) is 11.0. The lowest BCUT2D eigenvalue weighted by atomic mass is 9.99. The van der Waals surface area contributed by atoms with Crippen molar-refractivity contribution in [2.45, 2.75) is 18.4 Å². The van der Waals surface area contributed by atoms with Crippen LogP contribution in [0.2, 0.25) is 0 Å². The predicted octanol–water partition coefficient (Wildman–Crippen LogP) is -0.135. The molecular weight excluding hydrogens is 139 g/mol. The zero-order valence-electron chi connectivity index (χ0n) is 5.42. The Balaban J connectivity index is 3.92. The first-order valence-corrected chi connectivity index (χ1v) is 2.84. The van der Waals surface area contributed by atoms with Crippen molar-refractivity contribution in [3.63, 3.8) is 0 Å². The Labute approximate surface area is 57.8 Å². The number of aldehydes is 2. The van der Waals surface area contributed by atoms with Gasteiger partial charge in [0.1, 0.15) is 24.8 Å². The number of hydrogen-bond acceptors (Lipinski definition) is 3. The summed E-state index contributed by atoms with van der Waals surface area (Å²) in [6.07, 6.45) is 0.122. The van der Waals surface area contributed by atoms with Crippen molar-refractivity contribution in [1.82, 2.24) is 0 Å². The van der Waals surface area contributed by atoms with E-state index in [4.69, 9.17) is 5.11 Å². The summed E-state index contributed by atoms with van der Waals surface area (Å²) in [6.45, 7) is -1.06. The maximum absolute atomic E-state index is 11.8. The molecule has 0 spiro atoms. The molecule has 10 heavy (non-hydrogen) atoms. The van der Waals surface area contributed by atoms with Crippen molar-refractivity contribution < 1.29 is 19.1 Å². The van der Waals surface area contributed by atoms with Crippen molar-refractivity contribution in [3.8, 4) is 0 Å². The van der Waals surface area contributed by atoms with Gasteiger partial charge in [-0.25, -0.2) is 4.39 Å². The van der Waals surface area contributed by atoms with Crippen LogP contribution < -0.4 is 0 Å². The van der Waals surface area contributed by atoms with Gasteiger partial charge >= 0.3 is 0 Å². The summed E-state index contributed by atoms with van der Waals surface area (Å²) in [7, 11) is 0. The van der Waals surface area contributed by atoms with E-state index in [-0.39, 0.29) is 12.8 Å². The van der Waals surface area contributed by atoms with Gasteiger partial charge in [-0.15, -0.1) is 0 Å². The van der Waals surface area contributed by atoms with Crippen LogP contribution in [0.3, 0.4) is 0 Å². The van der Waals surface area contributed by atoms with Crippen LogP contribution >= 0.6 is 0 Å². The van der Waals surface area contributed by atoms with E-state index in [9.17, 15) is 14.0 Å². The molecule has 0 aliphatic carbocycles. The summed E-state index contributed by atoms with van der Waals surface area (Å²) in [5.74, 6) is 0. The van der Waals surface area contributed by atoms with E-state index in [1.54, 1.807) is 0 Å². The van der Waals surface area contributed by atoms with Crippen molar-refractivity contribution >= 4 is 12.6 Å². The van der Waals surface area contributed by atoms with Crippen LogP contribution in [0, 0.1) is 0 Å². The first-order valence-electron chi connectivity index (χ1n) is 2.84. The second-order valence-corrected chi connectivity index (χ2v) is 2.10. The van der Waals surface area contributed by atoms with Gasteiger partial charge in [-0.05, 0) is 0 Å². The molecule has 0 aliphatic heterocycles. The average molecular weight is 148 g/mol. The van der Waals surface area contributed by atoms with Crippen molar-refractivity contribution in [2.75, 3.05) is 6.67 Å². The Bertz CT molecular complexity index is 114. The summed E-state index contributed by atoms with van der Waals surface area (Å²) in [5, 5.41) is 8.98. The zero-order chi connectivity index (χ0) is 8.04. The molecule has 0 aliphatic rings. The second-order valence-electron chi connectivity index (χ2n) is 2.10. The molecule has 0 aromatic heterocycles. The largest absolute Gasteiger partial charge is 0.386 e. The summed E-state index contributed by atoms with van der Waals surface area (Å²) in [4.78, 5) is 19.6. The fourth-order valence-electron chi connectivity index (χ4n) is 0.503. The summed E-state index contributed by atoms with van der Waals surface area (Å²) >= 11 is 0. The molecule has 0 rings (SSSR count). The van der Waals surface area contributed by atoms with E-state index < -0.39 is 12.3 Å². The minimum atomic E-state index is -1.76. The minimum Gasteiger partial charge on any atom is -0.386 e. The predicted molar refractivity (Wildman–Crippen MR) is 32.3 cm³/mol. The van der Waals surface area contributed by atoms with Crippen LogP contribution in [0.15, 0.2) is 0 Å². The van der Waals surface area contributed by atoms with E-state index in [2.05, 4.69) is 0 Å². The highest BCUT2D eigenvalue weighted by atomic mass is 19.1. The molecule has 58 valence electrons. The molecule has 0 fully saturated rings. The summed E-state index contributed by atoms with van der Waals surface area (Å²) < 4.78 is 11.8. The van der Waals surface area contributed by atoms with Crippen LogP contribution in [0.4, 0.5) is 4.39 Å². The molecule has 0 bridgehead atoms. The lowest BCUT2D eigenvalue weighted by Crippen LogP contribution is -2.32. The van der Waals surface area contributed by atoms with Crippen LogP contribution in [0.5, 0.6) is 0 Å². The Morgan fingerprint density at radius 3 is 1.90 bits per heavy atom. The summed E-state index contributed by atoms with van der Waals surface area (Å²) in [6, 6.07) is 0. The highest BCUT2D eigenvalue weighted by molar-refractivity contribution is 5.56. The maximum Gasteiger partial charge on any atom is 0.122 e. The molecular formula is C6H9FO3. The van der Waals surface area contributed by atoms with E-state index in [0.717, 1.165) is 0 Å². The minimum absolute atomic E-state index is 0.331. The molecule has 0 saturated heterocycles. The van der Waals surface area contributed by atoms with Crippen LogP contribution in [0.1, 0.15) is 12.8 Å². The Hall–Kier alpha value is -0.770. The van der Waals surface area contributed by atoms with Gasteiger partial charge < -0.3 is 14.7 Å². The average Bonchev–Trinajstić information content (AvgIpc) is 1.89. The number of halogens is 1. The number of alkyl halides is 1. The van der Waals surface area contributed by atoms with E-state index in [0.29, 0.717) is 12.6 Å². The van der Waals surface area contributed by atoms with Crippen LogP contribution in [0.25, 0.3) is 0 Å². The Kier molecular flexibility index (Phi) is 3.79. The first-order chi connectivity index (χ1) is 4.68. The van der Waals surface area contributed by atoms with Gasteiger partial charge in [0.25, 0.3) is 0 Å². The molecule has 0 radical (unpaired) electrons. The number of carbonyl (C=O) groups is 2. The molecule has 0 aromatic carbocycles. The fourth-order valence-corrected chi connectivity index (χ4v) is 0.503. The molecule has 0 atom stereocenters. The van der Waals surface area contributed by atoms with Crippen LogP contribution in [-0.4, -0.2) is 30.0 Å². The fraction of sp³-hybridized carbons (Fsp3) is 0.667. The van der Waals surface area contributed by atoms with Gasteiger partial charge in [0, 0.05) is 12.8 Å². The highest BCUT2D eigenvalue weighted by Gasteiger charge is 2.25. The molecule has 0 unspecified atom stereocenters. The molecule has 0 heterocycles. The highest BCUT2D eigenvalue weighted by Crippen LogP contribution is 2.12. The molecule has 0 amide bonds. The van der Waals surface area contributed by atoms with Crippen molar-refractivity contribution in [1.29, 1.82) is 0 Å². The van der Waals surface area contributed by atoms with Crippen molar-refractivity contribution in [3.05, 3.63) is 0 Å². The molecule has 4 heteroatoms. The van der Waals surface area contributed by atoms with Gasteiger partial charge in [-0.3, -0.25) is 0 Å². The van der Waals surface area contributed by atoms with E-state index in [1.807, 2.05) is 0 Å². The van der Waals surface area contributed by atoms with Crippen molar-refractivity contribution in [2.24, 2.45) is 0 Å². The van der Waals surface area contributed by atoms with E-state index in [1.165, 1.54) is 0 Å². The Morgan fingerprint density at radius 1 is 1.30 bits per heavy atom. The SMILES string of the molecule is O=CCC(O)(CF)CC=O. The van der Waals surface area contributed by atoms with Gasteiger partial charge in [0.15, 0.2) is 0 Å². The Morgan fingerprint density at radius 2 is 1.70 bits per heavy atom. The van der Waals surface area contributed by atoms with E-state index >= 15 is 0 Å². The van der Waals surface area contributed by atoms with Gasteiger partial charge in [0.2, 0.25) is 0 Å². The number of hydrogen-bond donors (Lipinski definition) is 1. The lowest BCUT2D eigenvalue weighted by molar-refractivity contribution is -0.118. The van der Waals surface area contributed by atoms with Gasteiger partial charge in [0.05, 0.1) is 0 Å². The standard InChI is InChI=1S/C6H9FO3/c7-5-6(10,1-3-8)2-4-9/h3-4,10H,1-2,5H2. The summed E-state index contributed by atoms with van der Waals surface area (Å²) in [5.41, 5.74) is -1.76. The zero-order valence-corrected chi connectivity index (χ0v) is 5.42. The quantitative estimate of drug-likeness (QED) is 0.552. The van der Waals surface area contributed by atoms with Gasteiger partial charge in [-0.2, -0.15) is 0 Å². The molecule has 0 saturated carbocycles. The number of aliphatic hydroxyl groups is 1. The third-order valence-electron chi connectivity index (χ3n) is 1.18. The third kappa shape index (κ3) is 2.68. The topological polar surface area (TPSA) is 54.4 Å². The number of carbonyl (C=O) groups excluding carboxylic acids is 2. The molecule has 1 N–H and O–H groups in total. The molecule has 0 aromatic rings. The lowest BCUT2D eigenvalue weighted by Gasteiger charge is -2.18. The van der Waals surface area contributed by atoms with Crippen LogP contribution in [-0.2, 0) is 9.59 Å². The third-order valence-corrected chi connectivity index (χ3v) is 1.18. The second kappa shape index (κ2) is 4.11. The van der Waals surface area contributed by atoms with Gasteiger partial charge in [-0.1, -0.05) is 0 Å². The maximum atomic E-state index is 11.8. The molecule has 3 nitrogen and oxygen atoms in total. The monoisotopic (exact) mass is 148 g/mol. The first kappa shape index (κ1) is 9.23. The number of rotatable bonds is 5.